The van der Waals surface area contributed by atoms with Gasteiger partial charge in [0.05, 0.1) is 25.1 Å². The molecule has 5 aliphatic heterocycles. The number of fused-ring (bicyclic) bond motifs is 5. The van der Waals surface area contributed by atoms with E-state index >= 15 is 0 Å². The third kappa shape index (κ3) is 1.51. The molecule has 1 aromatic heterocycles. The third-order valence-electron chi connectivity index (χ3n) is 7.19. The molecule has 0 saturated carbocycles. The van der Waals surface area contributed by atoms with Crippen molar-refractivity contribution in [2.24, 2.45) is 18.9 Å². The van der Waals surface area contributed by atoms with E-state index in [-0.39, 0.29) is 24.0 Å². The number of allylic oxidation sites excluding steroid dienone is 1. The number of aromatic nitrogens is 1. The van der Waals surface area contributed by atoms with Crippen molar-refractivity contribution in [1.82, 2.24) is 9.47 Å². The van der Waals surface area contributed by atoms with E-state index in [0.29, 0.717) is 12.0 Å². The number of benzene rings is 1. The predicted molar refractivity (Wildman–Crippen MR) is 96.9 cm³/mol. The number of piperidine rings is 3. The SMILES string of the molecule is C/C=C1/CN2[C@@H]3[C@H]4C(=O)O[C@@H]3c3c(n(C)c5ccc(OC)cc35)[C@@H]2C[C@@H]14. The number of hydrogen-bond acceptors (Lipinski definition) is 4. The fourth-order valence-electron chi connectivity index (χ4n) is 6.14. The summed E-state index contributed by atoms with van der Waals surface area (Å²) in [7, 11) is 3.84. The topological polar surface area (TPSA) is 43.7 Å². The van der Waals surface area contributed by atoms with Gasteiger partial charge in [0.15, 0.2) is 0 Å². The maximum absolute atomic E-state index is 12.8. The second-order valence-electron chi connectivity index (χ2n) is 8.01. The molecule has 1 unspecified atom stereocenters. The van der Waals surface area contributed by atoms with Crippen LogP contribution in [-0.2, 0) is 16.6 Å². The molecule has 0 radical (unpaired) electrons. The molecular weight excluding hydrogens is 328 g/mol. The average molecular weight is 350 g/mol. The standard InChI is InChI=1S/C21H22N2O3/c1-4-10-9-23-15-8-12(10)17-19(23)20(26-21(17)24)16-13-7-11(25-3)5-6-14(13)22(2)18(15)16/h4-7,12,15,17,19-20H,8-9H2,1-3H3/b10-4-/t12-,15-,17-,19+,20+/m0/s1. The summed E-state index contributed by atoms with van der Waals surface area (Å²) >= 11 is 0. The van der Waals surface area contributed by atoms with Crippen molar-refractivity contribution >= 4 is 16.9 Å². The van der Waals surface area contributed by atoms with Gasteiger partial charge in [-0.05, 0) is 37.5 Å². The van der Waals surface area contributed by atoms with Crippen LogP contribution in [0.2, 0.25) is 0 Å². The second-order valence-corrected chi connectivity index (χ2v) is 8.01. The minimum absolute atomic E-state index is 0.00906. The van der Waals surface area contributed by atoms with Crippen LogP contribution in [0.4, 0.5) is 0 Å². The van der Waals surface area contributed by atoms with Crippen molar-refractivity contribution in [3.8, 4) is 5.75 Å². The van der Waals surface area contributed by atoms with E-state index in [1.807, 2.05) is 6.07 Å². The Morgan fingerprint density at radius 1 is 1.35 bits per heavy atom. The van der Waals surface area contributed by atoms with Crippen molar-refractivity contribution < 1.29 is 14.3 Å². The minimum atomic E-state index is -0.157. The maximum atomic E-state index is 12.8. The molecule has 5 heteroatoms. The number of ether oxygens (including phenoxy) is 2. The highest BCUT2D eigenvalue weighted by Gasteiger charge is 2.64. The normalized spacial score (nSPS) is 38.0. The molecule has 7 rings (SSSR count). The first-order chi connectivity index (χ1) is 12.6. The fourth-order valence-corrected chi connectivity index (χ4v) is 6.14. The quantitative estimate of drug-likeness (QED) is 0.586. The Balaban J connectivity index is 1.65. The molecular formula is C21H22N2O3. The summed E-state index contributed by atoms with van der Waals surface area (Å²) in [5.41, 5.74) is 5.13. The van der Waals surface area contributed by atoms with Gasteiger partial charge in [0.2, 0.25) is 0 Å². The highest BCUT2D eigenvalue weighted by Crippen LogP contribution is 2.61. The van der Waals surface area contributed by atoms with Gasteiger partial charge in [-0.1, -0.05) is 11.6 Å². The van der Waals surface area contributed by atoms with Crippen molar-refractivity contribution in [2.75, 3.05) is 13.7 Å². The predicted octanol–water partition coefficient (Wildman–Crippen LogP) is 3.11. The average Bonchev–Trinajstić information content (AvgIpc) is 3.18. The Morgan fingerprint density at radius 2 is 2.19 bits per heavy atom. The van der Waals surface area contributed by atoms with Gasteiger partial charge in [-0.2, -0.15) is 0 Å². The van der Waals surface area contributed by atoms with Crippen molar-refractivity contribution in [3.05, 3.63) is 41.1 Å². The van der Waals surface area contributed by atoms with Crippen LogP contribution in [0.15, 0.2) is 29.8 Å². The van der Waals surface area contributed by atoms with E-state index in [9.17, 15) is 4.79 Å². The van der Waals surface area contributed by atoms with Crippen LogP contribution in [0.5, 0.6) is 5.75 Å². The summed E-state index contributed by atoms with van der Waals surface area (Å²) < 4.78 is 13.8. The lowest BCUT2D eigenvalue weighted by molar-refractivity contribution is -0.145. The van der Waals surface area contributed by atoms with E-state index in [2.05, 4.69) is 41.6 Å². The van der Waals surface area contributed by atoms with Gasteiger partial charge in [-0.3, -0.25) is 9.69 Å². The zero-order valence-corrected chi connectivity index (χ0v) is 15.2. The van der Waals surface area contributed by atoms with Crippen molar-refractivity contribution in [3.63, 3.8) is 0 Å². The van der Waals surface area contributed by atoms with Gasteiger partial charge in [-0.25, -0.2) is 0 Å². The minimum Gasteiger partial charge on any atom is -0.497 e. The Morgan fingerprint density at radius 3 is 2.96 bits per heavy atom. The van der Waals surface area contributed by atoms with E-state index in [4.69, 9.17) is 9.47 Å². The number of esters is 1. The Kier molecular flexibility index (Phi) is 2.69. The summed E-state index contributed by atoms with van der Waals surface area (Å²) in [4.78, 5) is 15.4. The summed E-state index contributed by atoms with van der Waals surface area (Å²) in [5, 5.41) is 1.17. The van der Waals surface area contributed by atoms with Crippen molar-refractivity contribution in [2.45, 2.75) is 31.5 Å². The summed E-state index contributed by atoms with van der Waals surface area (Å²) in [6.07, 6.45) is 3.06. The number of nitrogens with zero attached hydrogens (tertiary/aromatic N) is 2. The van der Waals surface area contributed by atoms with Crippen LogP contribution >= 0.6 is 0 Å². The number of hydrogen-bond donors (Lipinski definition) is 0. The highest BCUT2D eigenvalue weighted by molar-refractivity contribution is 5.90. The molecule has 6 heterocycles. The number of carbonyl (C=O) groups excluding carboxylic acids is 1. The lowest BCUT2D eigenvalue weighted by atomic mass is 9.64. The first-order valence-electron chi connectivity index (χ1n) is 9.41. The highest BCUT2D eigenvalue weighted by atomic mass is 16.6. The summed E-state index contributed by atoms with van der Waals surface area (Å²) in [6.45, 7) is 3.06. The van der Waals surface area contributed by atoms with E-state index in [0.717, 1.165) is 18.7 Å². The lowest BCUT2D eigenvalue weighted by Gasteiger charge is -2.56. The van der Waals surface area contributed by atoms with E-state index < -0.39 is 0 Å². The molecule has 5 aliphatic rings. The van der Waals surface area contributed by atoms with Gasteiger partial charge in [-0.15, -0.1) is 0 Å². The zero-order valence-electron chi connectivity index (χ0n) is 15.2. The van der Waals surface area contributed by atoms with Crippen LogP contribution in [0.3, 0.4) is 0 Å². The number of aryl methyl sites for hydroxylation is 1. The van der Waals surface area contributed by atoms with Gasteiger partial charge in [0, 0.05) is 35.8 Å². The van der Waals surface area contributed by atoms with Crippen LogP contribution in [-0.4, -0.2) is 35.1 Å². The lowest BCUT2D eigenvalue weighted by Crippen LogP contribution is -2.60. The van der Waals surface area contributed by atoms with E-state index in [1.54, 1.807) is 7.11 Å². The summed E-state index contributed by atoms with van der Waals surface area (Å²) in [5.74, 6) is 1.16. The van der Waals surface area contributed by atoms with Gasteiger partial charge < -0.3 is 14.0 Å². The summed E-state index contributed by atoms with van der Waals surface area (Å²) in [6, 6.07) is 6.78. The second kappa shape index (κ2) is 4.71. The van der Waals surface area contributed by atoms with Gasteiger partial charge in [0.25, 0.3) is 0 Å². The van der Waals surface area contributed by atoms with E-state index in [1.165, 1.54) is 27.7 Å². The van der Waals surface area contributed by atoms with Crippen LogP contribution in [0.1, 0.15) is 36.7 Å². The smallest absolute Gasteiger partial charge is 0.311 e. The Bertz CT molecular complexity index is 1000. The largest absolute Gasteiger partial charge is 0.497 e. The molecule has 26 heavy (non-hydrogen) atoms. The van der Waals surface area contributed by atoms with Crippen LogP contribution < -0.4 is 4.74 Å². The fraction of sp³-hybridized carbons (Fsp3) is 0.476. The molecule has 4 bridgehead atoms. The molecule has 4 saturated heterocycles. The Labute approximate surface area is 152 Å². The molecule has 134 valence electrons. The van der Waals surface area contributed by atoms with Crippen LogP contribution in [0, 0.1) is 11.8 Å². The van der Waals surface area contributed by atoms with Crippen LogP contribution in [0.25, 0.3) is 10.9 Å². The van der Waals surface area contributed by atoms with Gasteiger partial charge >= 0.3 is 5.97 Å². The maximum Gasteiger partial charge on any atom is 0.311 e. The molecule has 0 N–H and O–H groups in total. The third-order valence-corrected chi connectivity index (χ3v) is 7.19. The van der Waals surface area contributed by atoms with Gasteiger partial charge in [0.1, 0.15) is 11.9 Å². The Hall–Kier alpha value is -2.27. The molecule has 2 aromatic rings. The first kappa shape index (κ1) is 14.9. The molecule has 0 aliphatic carbocycles. The number of rotatable bonds is 1. The number of carbonyl (C=O) groups is 1. The van der Waals surface area contributed by atoms with Crippen molar-refractivity contribution in [1.29, 1.82) is 0 Å². The number of methoxy groups -OCH3 is 1. The monoisotopic (exact) mass is 350 g/mol. The zero-order chi connectivity index (χ0) is 17.7. The molecule has 1 aromatic carbocycles. The first-order valence-corrected chi connectivity index (χ1v) is 9.41. The molecule has 0 amide bonds. The molecule has 5 nitrogen and oxygen atoms in total. The molecule has 4 fully saturated rings. The molecule has 0 spiro atoms. The molecule has 6 atom stereocenters.